The van der Waals surface area contributed by atoms with Gasteiger partial charge in [0.15, 0.2) is 0 Å². The number of carboxylic acids is 1. The average Bonchev–Trinajstić information content (AvgIpc) is 3.27. The number of alkyl halides is 3. The van der Waals surface area contributed by atoms with Gasteiger partial charge in [-0.3, -0.25) is 4.90 Å². The Kier molecular flexibility index (Phi) is 5.81. The number of carbonyl (C=O) groups is 1. The van der Waals surface area contributed by atoms with Crippen molar-refractivity contribution in [3.63, 3.8) is 0 Å². The second-order valence-corrected chi connectivity index (χ2v) is 8.17. The molecule has 1 aromatic heterocycles. The van der Waals surface area contributed by atoms with Gasteiger partial charge >= 0.3 is 12.1 Å². The molecule has 1 aliphatic rings. The SMILES string of the molecule is O=C(O)c1cc2[nH]c(N(c3ccccc3)c3ccccc3C(F)(F)F)nc2cc1N1CCNCC1. The van der Waals surface area contributed by atoms with Gasteiger partial charge < -0.3 is 20.3 Å². The van der Waals surface area contributed by atoms with Crippen LogP contribution in [0.4, 0.5) is 36.2 Å². The Morgan fingerprint density at radius 2 is 1.69 bits per heavy atom. The number of H-pyrrole nitrogens is 1. The largest absolute Gasteiger partial charge is 0.478 e. The number of para-hydroxylation sites is 2. The van der Waals surface area contributed by atoms with Gasteiger partial charge in [0, 0.05) is 31.9 Å². The van der Waals surface area contributed by atoms with Gasteiger partial charge in [0.05, 0.1) is 33.5 Å². The number of rotatable bonds is 5. The molecule has 10 heteroatoms. The molecule has 0 atom stereocenters. The van der Waals surface area contributed by atoms with Crippen molar-refractivity contribution < 1.29 is 23.1 Å². The molecule has 0 bridgehead atoms. The highest BCUT2D eigenvalue weighted by atomic mass is 19.4. The first-order valence-corrected chi connectivity index (χ1v) is 11.1. The number of benzene rings is 3. The van der Waals surface area contributed by atoms with E-state index in [2.05, 4.69) is 15.3 Å². The van der Waals surface area contributed by atoms with Crippen LogP contribution in [-0.2, 0) is 6.18 Å². The lowest BCUT2D eigenvalue weighted by Gasteiger charge is -2.30. The summed E-state index contributed by atoms with van der Waals surface area (Å²) in [5.74, 6) is -0.935. The van der Waals surface area contributed by atoms with Crippen molar-refractivity contribution >= 4 is 40.0 Å². The molecule has 1 fully saturated rings. The Morgan fingerprint density at radius 3 is 2.37 bits per heavy atom. The summed E-state index contributed by atoms with van der Waals surface area (Å²) >= 11 is 0. The van der Waals surface area contributed by atoms with Crippen LogP contribution in [0.1, 0.15) is 15.9 Å². The van der Waals surface area contributed by atoms with Crippen molar-refractivity contribution in [1.82, 2.24) is 15.3 Å². The third-order valence-electron chi connectivity index (χ3n) is 5.95. The minimum absolute atomic E-state index is 0.0916. The smallest absolute Gasteiger partial charge is 0.418 e. The minimum atomic E-state index is -4.58. The van der Waals surface area contributed by atoms with Crippen molar-refractivity contribution in [2.75, 3.05) is 36.0 Å². The number of nitrogens with zero attached hydrogens (tertiary/aromatic N) is 3. The molecule has 1 aliphatic heterocycles. The van der Waals surface area contributed by atoms with Crippen LogP contribution in [-0.4, -0.2) is 47.2 Å². The number of hydrogen-bond donors (Lipinski definition) is 3. The van der Waals surface area contributed by atoms with E-state index in [0.717, 1.165) is 19.2 Å². The molecule has 0 unspecified atom stereocenters. The number of anilines is 4. The molecule has 5 rings (SSSR count). The van der Waals surface area contributed by atoms with Gasteiger partial charge in [0.25, 0.3) is 0 Å². The van der Waals surface area contributed by atoms with Crippen LogP contribution in [0.2, 0.25) is 0 Å². The van der Waals surface area contributed by atoms with E-state index in [1.807, 2.05) is 4.90 Å². The number of aromatic carboxylic acids is 1. The molecule has 3 aromatic carbocycles. The highest BCUT2D eigenvalue weighted by molar-refractivity contribution is 6.00. The highest BCUT2D eigenvalue weighted by Crippen LogP contribution is 2.42. The number of imidazole rings is 1. The molecule has 35 heavy (non-hydrogen) atoms. The Labute approximate surface area is 198 Å². The average molecular weight is 481 g/mol. The lowest BCUT2D eigenvalue weighted by Crippen LogP contribution is -2.44. The predicted molar refractivity (Wildman–Crippen MR) is 128 cm³/mol. The number of hydrogen-bond acceptors (Lipinski definition) is 5. The van der Waals surface area contributed by atoms with Gasteiger partial charge in [-0.25, -0.2) is 9.78 Å². The predicted octanol–water partition coefficient (Wildman–Crippen LogP) is 5.16. The van der Waals surface area contributed by atoms with Crippen molar-refractivity contribution in [1.29, 1.82) is 0 Å². The molecule has 1 saturated heterocycles. The molecule has 180 valence electrons. The molecular formula is C25H22F3N5O2. The fraction of sp³-hybridized carbons (Fsp3) is 0.200. The number of carboxylic acid groups (broad SMARTS) is 1. The maximum Gasteiger partial charge on any atom is 0.418 e. The lowest BCUT2D eigenvalue weighted by molar-refractivity contribution is -0.137. The van der Waals surface area contributed by atoms with Crippen LogP contribution >= 0.6 is 0 Å². The molecule has 0 aliphatic carbocycles. The molecule has 7 nitrogen and oxygen atoms in total. The van der Waals surface area contributed by atoms with E-state index in [9.17, 15) is 23.1 Å². The summed E-state index contributed by atoms with van der Waals surface area (Å²) in [6.07, 6.45) is -4.58. The van der Waals surface area contributed by atoms with Gasteiger partial charge in [-0.1, -0.05) is 30.3 Å². The van der Waals surface area contributed by atoms with Gasteiger partial charge in [-0.2, -0.15) is 13.2 Å². The second kappa shape index (κ2) is 8.95. The molecule has 2 heterocycles. The van der Waals surface area contributed by atoms with Crippen molar-refractivity contribution in [2.24, 2.45) is 0 Å². The normalized spacial score (nSPS) is 14.3. The van der Waals surface area contributed by atoms with E-state index in [1.54, 1.807) is 36.4 Å². The molecule has 0 radical (unpaired) electrons. The molecule has 0 amide bonds. The van der Waals surface area contributed by atoms with Crippen molar-refractivity contribution in [3.8, 4) is 0 Å². The highest BCUT2D eigenvalue weighted by Gasteiger charge is 2.36. The number of fused-ring (bicyclic) bond motifs is 1. The molecule has 0 spiro atoms. The van der Waals surface area contributed by atoms with Gasteiger partial charge in [-0.15, -0.1) is 0 Å². The van der Waals surface area contributed by atoms with Crippen LogP contribution in [0, 0.1) is 0 Å². The van der Waals surface area contributed by atoms with E-state index in [4.69, 9.17) is 0 Å². The zero-order chi connectivity index (χ0) is 24.6. The van der Waals surface area contributed by atoms with E-state index in [-0.39, 0.29) is 17.2 Å². The Morgan fingerprint density at radius 1 is 1.00 bits per heavy atom. The Balaban J connectivity index is 1.69. The quantitative estimate of drug-likeness (QED) is 0.365. The standard InChI is InChI=1S/C25H22F3N5O2/c26-25(27,28)18-8-4-5-9-21(18)33(16-6-2-1-3-7-16)24-30-19-14-17(23(34)35)22(15-20(19)31-24)32-12-10-29-11-13-32/h1-9,14-15,29H,10-13H2,(H,30,31)(H,34,35). The zero-order valence-corrected chi connectivity index (χ0v) is 18.5. The molecule has 4 aromatic rings. The number of halogens is 3. The summed E-state index contributed by atoms with van der Waals surface area (Å²) in [5.41, 5.74) is 1.10. The van der Waals surface area contributed by atoms with Crippen LogP contribution in [0.15, 0.2) is 66.7 Å². The van der Waals surface area contributed by atoms with Gasteiger partial charge in [0.1, 0.15) is 0 Å². The van der Waals surface area contributed by atoms with E-state index >= 15 is 0 Å². The maximum atomic E-state index is 13.9. The lowest BCUT2D eigenvalue weighted by atomic mass is 10.1. The minimum Gasteiger partial charge on any atom is -0.478 e. The van der Waals surface area contributed by atoms with Gasteiger partial charge in [-0.05, 0) is 36.4 Å². The van der Waals surface area contributed by atoms with E-state index in [0.29, 0.717) is 35.5 Å². The number of nitrogens with one attached hydrogen (secondary N) is 2. The molecular weight excluding hydrogens is 459 g/mol. The monoisotopic (exact) mass is 481 g/mol. The zero-order valence-electron chi connectivity index (χ0n) is 18.5. The third kappa shape index (κ3) is 4.40. The summed E-state index contributed by atoms with van der Waals surface area (Å²) in [6, 6.07) is 17.1. The first kappa shape index (κ1) is 22.7. The second-order valence-electron chi connectivity index (χ2n) is 8.17. The summed E-state index contributed by atoms with van der Waals surface area (Å²) in [5, 5.41) is 13.1. The number of piperazine rings is 1. The first-order chi connectivity index (χ1) is 16.8. The van der Waals surface area contributed by atoms with Crippen LogP contribution < -0.4 is 15.1 Å². The Bertz CT molecular complexity index is 1360. The summed E-state index contributed by atoms with van der Waals surface area (Å²) in [6.45, 7) is 2.72. The molecule has 3 N–H and O–H groups in total. The number of aromatic amines is 1. The summed E-state index contributed by atoms with van der Waals surface area (Å²) in [7, 11) is 0. The summed E-state index contributed by atoms with van der Waals surface area (Å²) in [4.78, 5) is 23.1. The number of aromatic nitrogens is 2. The van der Waals surface area contributed by atoms with Crippen molar-refractivity contribution in [3.05, 3.63) is 77.9 Å². The van der Waals surface area contributed by atoms with Crippen molar-refractivity contribution in [2.45, 2.75) is 6.18 Å². The maximum absolute atomic E-state index is 13.9. The Hall–Kier alpha value is -4.05. The third-order valence-corrected chi connectivity index (χ3v) is 5.95. The fourth-order valence-corrected chi connectivity index (χ4v) is 4.34. The van der Waals surface area contributed by atoms with Crippen LogP contribution in [0.3, 0.4) is 0 Å². The van der Waals surface area contributed by atoms with Crippen LogP contribution in [0.5, 0.6) is 0 Å². The van der Waals surface area contributed by atoms with E-state index < -0.39 is 17.7 Å². The van der Waals surface area contributed by atoms with Crippen LogP contribution in [0.25, 0.3) is 11.0 Å². The topological polar surface area (TPSA) is 84.5 Å². The molecule has 0 saturated carbocycles. The summed E-state index contributed by atoms with van der Waals surface area (Å²) < 4.78 is 41.7. The fourth-order valence-electron chi connectivity index (χ4n) is 4.34. The van der Waals surface area contributed by atoms with Gasteiger partial charge in [0.2, 0.25) is 5.95 Å². The van der Waals surface area contributed by atoms with E-state index in [1.165, 1.54) is 29.2 Å². The first-order valence-electron chi connectivity index (χ1n) is 11.1.